The highest BCUT2D eigenvalue weighted by molar-refractivity contribution is 5.89. The number of benzene rings is 2. The summed E-state index contributed by atoms with van der Waals surface area (Å²) in [5, 5.41) is 107. The maximum absolute atomic E-state index is 14.2. The van der Waals surface area contributed by atoms with Gasteiger partial charge in [-0.05, 0) is 68.2 Å². The molecule has 0 spiro atoms. The summed E-state index contributed by atoms with van der Waals surface area (Å²) in [6.07, 6.45) is -19.8. The van der Waals surface area contributed by atoms with Crippen molar-refractivity contribution in [1.29, 1.82) is 0 Å². The molecule has 8 rings (SSSR count). The predicted octanol–water partition coefficient (Wildman–Crippen LogP) is 1.51. The molecule has 4 heterocycles. The van der Waals surface area contributed by atoms with Crippen molar-refractivity contribution in [3.63, 3.8) is 0 Å². The van der Waals surface area contributed by atoms with E-state index in [1.54, 1.807) is 18.2 Å². The van der Waals surface area contributed by atoms with Gasteiger partial charge in [0.15, 0.2) is 48.5 Å². The Morgan fingerprint density at radius 1 is 0.763 bits per heavy atom. The molecule has 20 atom stereocenters. The molecule has 22 nitrogen and oxygen atoms in total. The number of carbonyl (C=O) groups excluding carboxylic acids is 1. The number of aromatic nitrogens is 3. The van der Waals surface area contributed by atoms with Crippen LogP contribution in [0.1, 0.15) is 88.0 Å². The molecule has 3 saturated heterocycles. The first kappa shape index (κ1) is 57.9. The minimum Gasteiger partial charge on any atom is -0.479 e. The fourth-order valence-electron chi connectivity index (χ4n) is 11.1. The van der Waals surface area contributed by atoms with Crippen LogP contribution in [0.2, 0.25) is 0 Å². The first-order chi connectivity index (χ1) is 36.4. The number of rotatable bonds is 19. The Morgan fingerprint density at radius 2 is 1.43 bits per heavy atom. The highest BCUT2D eigenvalue weighted by atomic mass is 19.2. The summed E-state index contributed by atoms with van der Waals surface area (Å²) in [5.41, 5.74) is -0.282. The lowest BCUT2D eigenvalue weighted by atomic mass is 9.76. The Bertz CT molecular complexity index is 2350. The molecule has 3 aliphatic heterocycles. The Hall–Kier alpha value is -4.29. The Balaban J connectivity index is 1.09. The van der Waals surface area contributed by atoms with Crippen LogP contribution in [-0.4, -0.2) is 197 Å². The van der Waals surface area contributed by atoms with Gasteiger partial charge < -0.3 is 83.9 Å². The summed E-state index contributed by atoms with van der Waals surface area (Å²) in [6, 6.07) is 7.74. The van der Waals surface area contributed by atoms with E-state index in [0.29, 0.717) is 18.6 Å². The fraction of sp³-hybridized carbons (Fsp3) is 0.686. The van der Waals surface area contributed by atoms with Crippen molar-refractivity contribution in [3.8, 4) is 11.3 Å². The molecule has 12 unspecified atom stereocenters. The number of hydrogen-bond acceptors (Lipinski definition) is 20. The van der Waals surface area contributed by atoms with Crippen LogP contribution in [-0.2, 0) is 42.7 Å². The van der Waals surface area contributed by atoms with Gasteiger partial charge in [0.05, 0.1) is 49.9 Å². The molecule has 0 bridgehead atoms. The van der Waals surface area contributed by atoms with Crippen molar-refractivity contribution in [2.24, 2.45) is 17.8 Å². The van der Waals surface area contributed by atoms with Gasteiger partial charge in [0, 0.05) is 5.56 Å². The van der Waals surface area contributed by atoms with E-state index >= 15 is 0 Å². The highest BCUT2D eigenvalue weighted by Crippen LogP contribution is 2.42. The van der Waals surface area contributed by atoms with Gasteiger partial charge in [0.25, 0.3) is 0 Å². The van der Waals surface area contributed by atoms with Gasteiger partial charge in [-0.1, -0.05) is 68.9 Å². The number of aliphatic carboxylic acids is 1. The fourth-order valence-corrected chi connectivity index (χ4v) is 11.1. The van der Waals surface area contributed by atoms with Crippen LogP contribution in [0.4, 0.5) is 13.2 Å². The van der Waals surface area contributed by atoms with Crippen molar-refractivity contribution in [2.45, 2.75) is 182 Å². The number of esters is 1. The lowest BCUT2D eigenvalue weighted by Gasteiger charge is -2.49. The molecule has 5 fully saturated rings. The van der Waals surface area contributed by atoms with Crippen LogP contribution in [0.3, 0.4) is 0 Å². The van der Waals surface area contributed by atoms with Crippen molar-refractivity contribution in [3.05, 3.63) is 71.7 Å². The van der Waals surface area contributed by atoms with E-state index < -0.39 is 165 Å². The van der Waals surface area contributed by atoms with E-state index in [9.17, 15) is 68.7 Å². The maximum atomic E-state index is 14.2. The molecule has 0 amide bonds. The molecule has 76 heavy (non-hydrogen) atoms. The van der Waals surface area contributed by atoms with Gasteiger partial charge >= 0.3 is 11.9 Å². The average Bonchev–Trinajstić information content (AvgIpc) is 3.90. The number of aliphatic hydroxyl groups is 8. The number of carbonyl (C=O) groups is 2. The zero-order valence-electron chi connectivity index (χ0n) is 41.8. The van der Waals surface area contributed by atoms with Crippen LogP contribution in [0, 0.1) is 35.2 Å². The Morgan fingerprint density at radius 3 is 2.09 bits per heavy atom. The van der Waals surface area contributed by atoms with E-state index in [-0.39, 0.29) is 48.6 Å². The molecule has 0 radical (unpaired) electrons. The monoisotopic (exact) mass is 1080 g/mol. The highest BCUT2D eigenvalue weighted by Gasteiger charge is 2.54. The molecule has 2 aromatic carbocycles. The summed E-state index contributed by atoms with van der Waals surface area (Å²) in [7, 11) is 0. The standard InChI is InChI=1S/C51H68F3N3O19/c1-3-26-14-25(22-69-49-41(63)37(39(61)34(20-58)73-49)57-19-31(55-56-57)28-17-29(52)36(54)30(53)18-28)16-32(44(26)76-50-43(65)42(64)38(60)23(2)70-50)72-51-46(75-48(68)27-12-8-5-9-13-27)45(40(62)35(21-59)74-51)71-33(47(66)67)15-24-10-6-4-7-11-24/h5,8-9,12-13,17-19,23-26,32-35,37-46,49-51,58-65H,3-4,6-7,10-11,14-16,20-22H2,1-2H3,(H,66,67)/t23?,25?,26?,32-,33+,34?,35?,37?,38-,39-,40+,41?,42?,43?,44?,45?,46?,49+,50+,51-/m1/s1. The van der Waals surface area contributed by atoms with Crippen LogP contribution < -0.4 is 0 Å². The minimum atomic E-state index is -1.76. The lowest BCUT2D eigenvalue weighted by Crippen LogP contribution is -2.64. The SMILES string of the molecule is CCC1CC(CO[C@H]2OC(CO)[C@@H](O)C(n3cc(-c4cc(F)c(F)c(F)c4)nn3)C2O)C[C@@H](O[C@@H]2OC(CO)[C@H](O)C(O[C@@H](CC3CCCCC3)C(=O)O)C2OC(=O)c2ccccc2)C1O[C@@H]1OC(C)[C@@H](O)C(O)C1O. The van der Waals surface area contributed by atoms with Crippen molar-refractivity contribution in [1.82, 2.24) is 15.0 Å². The topological polar surface area (TPSA) is 321 Å². The van der Waals surface area contributed by atoms with Crippen molar-refractivity contribution < 1.29 is 107 Å². The lowest BCUT2D eigenvalue weighted by molar-refractivity contribution is -0.351. The molecule has 9 N–H and O–H groups in total. The maximum Gasteiger partial charge on any atom is 0.338 e. The zero-order valence-corrected chi connectivity index (χ0v) is 41.8. The van der Waals surface area contributed by atoms with Crippen LogP contribution in [0.25, 0.3) is 11.3 Å². The second-order valence-electron chi connectivity index (χ2n) is 20.4. The molecular formula is C51H68F3N3O19. The van der Waals surface area contributed by atoms with Crippen LogP contribution in [0.15, 0.2) is 48.7 Å². The summed E-state index contributed by atoms with van der Waals surface area (Å²) < 4.78 is 92.9. The predicted molar refractivity (Wildman–Crippen MR) is 252 cm³/mol. The minimum absolute atomic E-state index is 0.0177. The molecule has 2 aliphatic carbocycles. The second-order valence-corrected chi connectivity index (χ2v) is 20.4. The van der Waals surface area contributed by atoms with Crippen molar-refractivity contribution in [2.75, 3.05) is 19.8 Å². The van der Waals surface area contributed by atoms with Crippen LogP contribution in [0.5, 0.6) is 0 Å². The first-order valence-corrected chi connectivity index (χ1v) is 25.8. The summed E-state index contributed by atoms with van der Waals surface area (Å²) in [6.45, 7) is 1.48. The number of ether oxygens (including phenoxy) is 8. The van der Waals surface area contributed by atoms with Crippen molar-refractivity contribution >= 4 is 11.9 Å². The number of nitrogens with zero attached hydrogens (tertiary/aromatic N) is 3. The van der Waals surface area contributed by atoms with Gasteiger partial charge in [-0.15, -0.1) is 5.10 Å². The Labute approximate surface area is 435 Å². The molecular weight excluding hydrogens is 1020 g/mol. The van der Waals surface area contributed by atoms with Crippen LogP contribution >= 0.6 is 0 Å². The summed E-state index contributed by atoms with van der Waals surface area (Å²) in [5.74, 6) is -8.04. The van der Waals surface area contributed by atoms with Gasteiger partial charge in [-0.3, -0.25) is 0 Å². The third-order valence-corrected chi connectivity index (χ3v) is 15.3. The second kappa shape index (κ2) is 25.7. The van der Waals surface area contributed by atoms with E-state index in [0.717, 1.165) is 43.0 Å². The number of halogens is 3. The smallest absolute Gasteiger partial charge is 0.338 e. The normalized spacial score (nSPS) is 36.9. The molecule has 1 aromatic heterocycles. The van der Waals surface area contributed by atoms with E-state index in [1.165, 1.54) is 19.1 Å². The van der Waals surface area contributed by atoms with E-state index in [2.05, 4.69) is 10.3 Å². The first-order valence-electron chi connectivity index (χ1n) is 25.8. The summed E-state index contributed by atoms with van der Waals surface area (Å²) in [4.78, 5) is 26.9. The van der Waals surface area contributed by atoms with Gasteiger partial charge in [-0.25, -0.2) is 27.4 Å². The van der Waals surface area contributed by atoms with E-state index in [1.807, 2.05) is 6.92 Å². The number of aliphatic hydroxyl groups excluding tert-OH is 8. The molecule has 25 heteroatoms. The number of hydrogen-bond donors (Lipinski definition) is 9. The quantitative estimate of drug-likeness (QED) is 0.0607. The average molecular weight is 1080 g/mol. The van der Waals surface area contributed by atoms with E-state index in [4.69, 9.17) is 37.9 Å². The van der Waals surface area contributed by atoms with Gasteiger partial charge in [0.2, 0.25) is 0 Å². The Kier molecular flexibility index (Phi) is 19.5. The molecule has 2 saturated carbocycles. The molecule has 5 aliphatic rings. The third-order valence-electron chi connectivity index (χ3n) is 15.3. The third kappa shape index (κ3) is 12.9. The summed E-state index contributed by atoms with van der Waals surface area (Å²) >= 11 is 0. The molecule has 3 aromatic rings. The molecule has 422 valence electrons. The van der Waals surface area contributed by atoms with Gasteiger partial charge in [0.1, 0.15) is 66.7 Å². The zero-order chi connectivity index (χ0) is 54.5. The number of carboxylic acid groups (broad SMARTS) is 1. The van der Waals surface area contributed by atoms with Gasteiger partial charge in [-0.2, -0.15) is 0 Å². The number of carboxylic acids is 1. The largest absolute Gasteiger partial charge is 0.479 e.